The van der Waals surface area contributed by atoms with Crippen molar-refractivity contribution < 1.29 is 10.9 Å². The van der Waals surface area contributed by atoms with Crippen molar-refractivity contribution in [3.8, 4) is 0 Å². The second-order valence-corrected chi connectivity index (χ2v) is 5.30. The molecular weight excluding hydrogens is 303 g/mol. The van der Waals surface area contributed by atoms with E-state index in [2.05, 4.69) is 0 Å². The van der Waals surface area contributed by atoms with E-state index in [0.29, 0.717) is 0 Å². The number of hydrogen-bond donors (Lipinski definition) is 0. The van der Waals surface area contributed by atoms with Crippen molar-refractivity contribution in [3.63, 3.8) is 0 Å². The molecule has 0 aromatic rings. The Bertz CT molecular complexity index is 11.6. The van der Waals surface area contributed by atoms with E-state index in [-0.39, 0.29) is 48.9 Å². The summed E-state index contributed by atoms with van der Waals surface area (Å²) in [7, 11) is 13.4. The van der Waals surface area contributed by atoms with Gasteiger partial charge in [-0.25, -0.2) is 0 Å². The average Bonchev–Trinajstić information content (AvgIpc) is 0.811. The molecule has 0 aromatic heterocycles. The van der Waals surface area contributed by atoms with Crippen LogP contribution in [0.25, 0.3) is 0 Å². The van der Waals surface area contributed by atoms with Crippen LogP contribution in [0.3, 0.4) is 0 Å². The van der Waals surface area contributed by atoms with Crippen LogP contribution in [0, 0.1) is 0 Å². The predicted molar refractivity (Wildman–Crippen MR) is 26.1 cm³/mol. The van der Waals surface area contributed by atoms with Crippen LogP contribution in [-0.4, -0.2) is 48.9 Å². The standard InChI is InChI=1S/Ba.3ClH.Co.2H/h;3*1H;;;/q;;;;+3;;/p-3. The molecule has 5 heavy (non-hydrogen) atoms. The Labute approximate surface area is 88.1 Å². The van der Waals surface area contributed by atoms with Crippen molar-refractivity contribution in [2.24, 2.45) is 0 Å². The molecule has 0 aliphatic rings. The van der Waals surface area contributed by atoms with Gasteiger partial charge in [-0.15, -0.1) is 0 Å². The fraction of sp³-hybridized carbons (Fsp3) is 0. The summed E-state index contributed by atoms with van der Waals surface area (Å²) in [4.78, 5) is 0. The quantitative estimate of drug-likeness (QED) is 0.589. The molecule has 0 amide bonds. The van der Waals surface area contributed by atoms with E-state index >= 15 is 0 Å². The van der Waals surface area contributed by atoms with Gasteiger partial charge in [0.2, 0.25) is 0 Å². The first-order valence-electron chi connectivity index (χ1n) is 0.378. The first-order chi connectivity index (χ1) is 1.73. The van der Waals surface area contributed by atoms with Crippen molar-refractivity contribution >= 4 is 79.3 Å². The maximum absolute atomic E-state index is 4.87. The van der Waals surface area contributed by atoms with Gasteiger partial charge in [0.05, 0.1) is 0 Å². The second-order valence-electron chi connectivity index (χ2n) is 0.143. The van der Waals surface area contributed by atoms with Crippen LogP contribution >= 0.6 is 30.4 Å². The van der Waals surface area contributed by atoms with Crippen LogP contribution in [0.4, 0.5) is 0 Å². The Balaban J connectivity index is 0. The fourth-order valence-corrected chi connectivity index (χ4v) is 0. The molecule has 5 heteroatoms. The summed E-state index contributed by atoms with van der Waals surface area (Å²) < 4.78 is 0. The molecule has 0 unspecified atom stereocenters. The SMILES string of the molecule is [BaH2].[Cl][Co]([Cl])[Cl]. The second kappa shape index (κ2) is 6.95. The van der Waals surface area contributed by atoms with E-state index < -0.39 is 10.9 Å². The predicted octanol–water partition coefficient (Wildman–Crippen LogP) is 1.15. The molecule has 0 radical (unpaired) electrons. The average molecular weight is 305 g/mol. The van der Waals surface area contributed by atoms with Gasteiger partial charge in [0.25, 0.3) is 0 Å². The van der Waals surface area contributed by atoms with Gasteiger partial charge in [-0.05, 0) is 0 Å². The minimum absolute atomic E-state index is 0. The molecule has 0 aliphatic carbocycles. The monoisotopic (exact) mass is 304 g/mol. The van der Waals surface area contributed by atoms with E-state index in [9.17, 15) is 0 Å². The summed E-state index contributed by atoms with van der Waals surface area (Å²) in [5.41, 5.74) is 0. The molecule has 0 atom stereocenters. The van der Waals surface area contributed by atoms with Crippen LogP contribution in [0.5, 0.6) is 0 Å². The summed E-state index contributed by atoms with van der Waals surface area (Å²) >= 11 is 0. The third-order valence-corrected chi connectivity index (χ3v) is 0. The summed E-state index contributed by atoms with van der Waals surface area (Å²) in [5, 5.41) is 0. The van der Waals surface area contributed by atoms with Crippen molar-refractivity contribution in [1.29, 1.82) is 0 Å². The molecule has 0 N–H and O–H groups in total. The molecule has 0 rings (SSSR count). The Kier molecular flexibility index (Phi) is 15.1. The Hall–Kier alpha value is 2.95. The normalized spacial score (nSPS) is 9.00. The van der Waals surface area contributed by atoms with Crippen LogP contribution in [0.15, 0.2) is 0 Å². The van der Waals surface area contributed by atoms with Crippen LogP contribution in [-0.2, 0) is 10.9 Å². The summed E-state index contributed by atoms with van der Waals surface area (Å²) in [6, 6.07) is 0. The first-order valence-corrected chi connectivity index (χ1v) is 4.68. The van der Waals surface area contributed by atoms with Crippen LogP contribution < -0.4 is 0 Å². The van der Waals surface area contributed by atoms with Gasteiger partial charge in [-0.3, -0.25) is 0 Å². The number of halogens is 3. The zero-order chi connectivity index (χ0) is 3.58. The maximum atomic E-state index is 4.87. The summed E-state index contributed by atoms with van der Waals surface area (Å²) in [5.74, 6) is 0. The van der Waals surface area contributed by atoms with Crippen LogP contribution in [0.1, 0.15) is 0 Å². The van der Waals surface area contributed by atoms with Gasteiger partial charge >= 0.3 is 90.3 Å². The van der Waals surface area contributed by atoms with Gasteiger partial charge < -0.3 is 0 Å². The molecule has 0 spiro atoms. The Morgan fingerprint density at radius 1 is 1.00 bits per heavy atom. The van der Waals surface area contributed by atoms with E-state index in [1.807, 2.05) is 0 Å². The molecule has 34 valence electrons. The van der Waals surface area contributed by atoms with Gasteiger partial charge in [-0.1, -0.05) is 0 Å². The van der Waals surface area contributed by atoms with Crippen molar-refractivity contribution in [3.05, 3.63) is 0 Å². The van der Waals surface area contributed by atoms with Gasteiger partial charge in [-0.2, -0.15) is 0 Å². The Morgan fingerprint density at radius 3 is 1.00 bits per heavy atom. The molecule has 0 bridgehead atoms. The van der Waals surface area contributed by atoms with Gasteiger partial charge in [0, 0.05) is 0 Å². The topological polar surface area (TPSA) is 0 Å². The minimum atomic E-state index is -1.19. The third kappa shape index (κ3) is 19.6. The zero-order valence-corrected chi connectivity index (χ0v) is 4.78. The Morgan fingerprint density at radius 2 is 1.00 bits per heavy atom. The number of hydrogen-bond acceptors (Lipinski definition) is 0. The van der Waals surface area contributed by atoms with Crippen molar-refractivity contribution in [2.75, 3.05) is 0 Å². The molecule has 0 heterocycles. The fourth-order valence-electron chi connectivity index (χ4n) is 0. The van der Waals surface area contributed by atoms with Gasteiger partial charge in [0.1, 0.15) is 0 Å². The molecule has 0 saturated heterocycles. The molecule has 0 fully saturated rings. The van der Waals surface area contributed by atoms with E-state index in [0.717, 1.165) is 0 Å². The molecule has 0 aliphatic heterocycles. The number of rotatable bonds is 0. The zero-order valence-electron chi connectivity index (χ0n) is 1.47. The molecule has 0 aromatic carbocycles. The molecule has 0 nitrogen and oxygen atoms in total. The van der Waals surface area contributed by atoms with Gasteiger partial charge in [0.15, 0.2) is 0 Å². The van der Waals surface area contributed by atoms with Crippen LogP contribution in [0.2, 0.25) is 0 Å². The van der Waals surface area contributed by atoms with E-state index in [4.69, 9.17) is 30.4 Å². The third-order valence-electron chi connectivity index (χ3n) is 0. The molecule has 0 saturated carbocycles. The summed E-state index contributed by atoms with van der Waals surface area (Å²) in [6.07, 6.45) is 0. The van der Waals surface area contributed by atoms with Crippen molar-refractivity contribution in [2.45, 2.75) is 0 Å². The van der Waals surface area contributed by atoms with E-state index in [1.54, 1.807) is 0 Å². The van der Waals surface area contributed by atoms with Crippen molar-refractivity contribution in [1.82, 2.24) is 0 Å². The first kappa shape index (κ1) is 10.8. The molecular formula is H2BaCl3Co. The summed E-state index contributed by atoms with van der Waals surface area (Å²) in [6.45, 7) is 0. The van der Waals surface area contributed by atoms with E-state index in [1.165, 1.54) is 0 Å².